The highest BCUT2D eigenvalue weighted by molar-refractivity contribution is 6.01. The lowest BCUT2D eigenvalue weighted by Gasteiger charge is -2.52. The molecular weight excluding hydrogens is 606 g/mol. The number of allylic oxidation sites excluding steroid dienone is 6. The summed E-state index contributed by atoms with van der Waals surface area (Å²) in [5.41, 5.74) is 3.89. The number of nitrogens with zero attached hydrogens (tertiary/aromatic N) is 5. The van der Waals surface area contributed by atoms with Crippen LogP contribution in [0.2, 0.25) is 0 Å². The second-order valence-corrected chi connectivity index (χ2v) is 15.0. The molecule has 7 nitrogen and oxygen atoms in total. The number of halogens is 1. The van der Waals surface area contributed by atoms with Gasteiger partial charge in [0.25, 0.3) is 0 Å². The minimum absolute atomic E-state index is 0. The van der Waals surface area contributed by atoms with E-state index in [2.05, 4.69) is 92.4 Å². The van der Waals surface area contributed by atoms with Crippen LogP contribution in [0.1, 0.15) is 74.1 Å². The topological polar surface area (TPSA) is 60.0 Å². The zero-order valence-corrected chi connectivity index (χ0v) is 30.7. The van der Waals surface area contributed by atoms with Gasteiger partial charge in [0.15, 0.2) is 17.4 Å². The molecule has 1 saturated heterocycles. The van der Waals surface area contributed by atoms with Crippen LogP contribution in [-0.4, -0.2) is 80.4 Å². The van der Waals surface area contributed by atoms with E-state index in [9.17, 15) is 9.59 Å². The number of pyridine rings is 1. The Labute approximate surface area is 289 Å². The molecule has 0 bridgehead atoms. The van der Waals surface area contributed by atoms with Crippen LogP contribution in [0.5, 0.6) is 0 Å². The van der Waals surface area contributed by atoms with Gasteiger partial charge in [-0.2, -0.15) is 0 Å². The lowest BCUT2D eigenvalue weighted by molar-refractivity contribution is -0.129. The standard InChI is InChI=1S/C39H57N5O2.ClH/c1-8-42(9-2)33-14-15-35(40-37(33)43(10-3)11-4)44-22-20-41(21-23-44)26-34(46)36-27(5)24-32-30-13-12-28-25-29(45)16-18-38(28,6)31(30)17-19-39(32,36)7;/h14-18,25,27,30,32,36H,8-13,19-24,26H2,1-7H3;1H/t27-,30-,32+,36-,38+,39+;/m1./s1. The highest BCUT2D eigenvalue weighted by atomic mass is 35.5. The number of fused-ring (bicyclic) bond motifs is 5. The molecule has 4 aliphatic carbocycles. The fourth-order valence-corrected chi connectivity index (χ4v) is 10.2. The van der Waals surface area contributed by atoms with E-state index >= 15 is 0 Å². The maximum atomic E-state index is 14.2. The summed E-state index contributed by atoms with van der Waals surface area (Å²) in [6, 6.07) is 4.45. The first-order chi connectivity index (χ1) is 22.1. The fraction of sp³-hybridized carbons (Fsp3) is 0.667. The molecule has 47 heavy (non-hydrogen) atoms. The maximum Gasteiger partial charge on any atom is 0.178 e. The Hall–Kier alpha value is -2.64. The van der Waals surface area contributed by atoms with Gasteiger partial charge in [0.1, 0.15) is 5.82 Å². The summed E-state index contributed by atoms with van der Waals surface area (Å²) >= 11 is 0. The SMILES string of the molecule is CCN(CC)c1ccc(N2CCN(CC(=O)[C@H]3[C@H](C)C[C@H]4[C@@H]5CCC6=CC(=O)C=C[C@]6(C)C5=CC[C@@]43C)CC2)nc1N(CC)CC.Cl. The number of carbonyl (C=O) groups excluding carboxylic acids is 2. The van der Waals surface area contributed by atoms with Crippen molar-refractivity contribution in [3.8, 4) is 0 Å². The van der Waals surface area contributed by atoms with Gasteiger partial charge in [-0.15, -0.1) is 12.4 Å². The Kier molecular flexibility index (Phi) is 10.7. The monoisotopic (exact) mass is 663 g/mol. The molecular formula is C39H58ClN5O2. The Morgan fingerprint density at radius 3 is 2.34 bits per heavy atom. The second kappa shape index (κ2) is 14.1. The first-order valence-electron chi connectivity index (χ1n) is 18.2. The molecule has 0 unspecified atom stereocenters. The lowest BCUT2D eigenvalue weighted by atomic mass is 9.52. The molecule has 0 N–H and O–H groups in total. The van der Waals surface area contributed by atoms with E-state index in [-0.39, 0.29) is 34.9 Å². The van der Waals surface area contributed by atoms with Gasteiger partial charge in [-0.3, -0.25) is 14.5 Å². The molecule has 2 saturated carbocycles. The van der Waals surface area contributed by atoms with Gasteiger partial charge in [-0.05, 0) is 108 Å². The second-order valence-electron chi connectivity index (χ2n) is 15.0. The molecule has 1 aromatic heterocycles. The van der Waals surface area contributed by atoms with Crippen LogP contribution in [0.25, 0.3) is 0 Å². The van der Waals surface area contributed by atoms with E-state index in [1.807, 2.05) is 6.08 Å². The Bertz CT molecular complexity index is 1420. The first-order valence-corrected chi connectivity index (χ1v) is 18.2. The third kappa shape index (κ3) is 6.20. The van der Waals surface area contributed by atoms with Gasteiger partial charge in [0, 0.05) is 63.7 Å². The molecule has 258 valence electrons. The molecule has 2 heterocycles. The minimum atomic E-state index is -0.129. The van der Waals surface area contributed by atoms with Crippen LogP contribution in [0.3, 0.4) is 0 Å². The number of Topliss-reactive ketones (excluding diaryl/α,β-unsaturated/α-hetero) is 1. The molecule has 6 atom stereocenters. The third-order valence-electron chi connectivity index (χ3n) is 12.7. The van der Waals surface area contributed by atoms with Crippen molar-refractivity contribution >= 4 is 41.3 Å². The van der Waals surface area contributed by atoms with E-state index in [0.29, 0.717) is 30.1 Å². The number of carbonyl (C=O) groups is 2. The zero-order chi connectivity index (χ0) is 32.8. The summed E-state index contributed by atoms with van der Waals surface area (Å²) in [4.78, 5) is 41.1. The van der Waals surface area contributed by atoms with Gasteiger partial charge >= 0.3 is 0 Å². The molecule has 1 aromatic rings. The number of ketones is 2. The average molecular weight is 664 g/mol. The summed E-state index contributed by atoms with van der Waals surface area (Å²) in [5, 5.41) is 0. The number of piperazine rings is 1. The normalized spacial score (nSPS) is 31.6. The Morgan fingerprint density at radius 2 is 1.68 bits per heavy atom. The van der Waals surface area contributed by atoms with Gasteiger partial charge in [-0.1, -0.05) is 37.1 Å². The number of hydrogen-bond acceptors (Lipinski definition) is 7. The maximum absolute atomic E-state index is 14.2. The van der Waals surface area contributed by atoms with E-state index in [0.717, 1.165) is 89.7 Å². The lowest BCUT2D eigenvalue weighted by Crippen LogP contribution is -2.51. The summed E-state index contributed by atoms with van der Waals surface area (Å²) in [5.74, 6) is 4.24. The van der Waals surface area contributed by atoms with Crippen LogP contribution in [0.4, 0.5) is 17.3 Å². The van der Waals surface area contributed by atoms with Crippen molar-refractivity contribution in [3.63, 3.8) is 0 Å². The largest absolute Gasteiger partial charge is 0.369 e. The molecule has 0 amide bonds. The molecule has 0 radical (unpaired) electrons. The number of rotatable bonds is 10. The summed E-state index contributed by atoms with van der Waals surface area (Å²) in [7, 11) is 0. The van der Waals surface area contributed by atoms with Crippen molar-refractivity contribution in [1.82, 2.24) is 9.88 Å². The highest BCUT2D eigenvalue weighted by Gasteiger charge is 2.59. The van der Waals surface area contributed by atoms with E-state index in [4.69, 9.17) is 4.98 Å². The van der Waals surface area contributed by atoms with Crippen LogP contribution in [0, 0.1) is 34.5 Å². The predicted molar refractivity (Wildman–Crippen MR) is 197 cm³/mol. The third-order valence-corrected chi connectivity index (χ3v) is 12.7. The zero-order valence-electron chi connectivity index (χ0n) is 29.9. The first kappa shape index (κ1) is 35.7. The Balaban J connectivity index is 0.00000433. The fourth-order valence-electron chi connectivity index (χ4n) is 10.2. The van der Waals surface area contributed by atoms with Crippen molar-refractivity contribution in [3.05, 3.63) is 47.6 Å². The number of anilines is 3. The highest BCUT2D eigenvalue weighted by Crippen LogP contribution is 2.65. The smallest absolute Gasteiger partial charge is 0.178 e. The van der Waals surface area contributed by atoms with Gasteiger partial charge in [0.2, 0.25) is 0 Å². The molecule has 8 heteroatoms. The van der Waals surface area contributed by atoms with E-state index < -0.39 is 0 Å². The van der Waals surface area contributed by atoms with Crippen LogP contribution >= 0.6 is 12.4 Å². The van der Waals surface area contributed by atoms with Crippen molar-refractivity contribution < 1.29 is 9.59 Å². The number of hydrogen-bond donors (Lipinski definition) is 0. The molecule has 5 aliphatic rings. The van der Waals surface area contributed by atoms with Gasteiger partial charge < -0.3 is 14.7 Å². The quantitative estimate of drug-likeness (QED) is 0.251. The molecule has 3 fully saturated rings. The summed E-state index contributed by atoms with van der Waals surface area (Å²) < 4.78 is 0. The molecule has 0 aromatic carbocycles. The minimum Gasteiger partial charge on any atom is -0.369 e. The van der Waals surface area contributed by atoms with E-state index in [1.165, 1.54) is 16.8 Å². The van der Waals surface area contributed by atoms with Crippen LogP contribution in [-0.2, 0) is 9.59 Å². The average Bonchev–Trinajstić information content (AvgIpc) is 3.33. The van der Waals surface area contributed by atoms with Crippen molar-refractivity contribution in [2.75, 3.05) is 73.6 Å². The number of aromatic nitrogens is 1. The molecule has 1 aliphatic heterocycles. The Morgan fingerprint density at radius 1 is 1.00 bits per heavy atom. The van der Waals surface area contributed by atoms with Crippen LogP contribution in [0.15, 0.2) is 47.6 Å². The van der Waals surface area contributed by atoms with Crippen LogP contribution < -0.4 is 14.7 Å². The van der Waals surface area contributed by atoms with E-state index in [1.54, 1.807) is 6.08 Å². The van der Waals surface area contributed by atoms with Crippen molar-refractivity contribution in [2.24, 2.45) is 34.5 Å². The van der Waals surface area contributed by atoms with Gasteiger partial charge in [-0.25, -0.2) is 4.98 Å². The molecule has 6 rings (SSSR count). The molecule has 0 spiro atoms. The van der Waals surface area contributed by atoms with Crippen molar-refractivity contribution in [2.45, 2.75) is 74.1 Å². The van der Waals surface area contributed by atoms with Gasteiger partial charge in [0.05, 0.1) is 12.2 Å². The predicted octanol–water partition coefficient (Wildman–Crippen LogP) is 6.98. The summed E-state index contributed by atoms with van der Waals surface area (Å²) in [6.45, 7) is 23.8. The van der Waals surface area contributed by atoms with Crippen molar-refractivity contribution in [1.29, 1.82) is 0 Å². The summed E-state index contributed by atoms with van der Waals surface area (Å²) in [6.07, 6.45) is 12.5.